The van der Waals surface area contributed by atoms with Crippen molar-refractivity contribution in [1.82, 2.24) is 0 Å². The van der Waals surface area contributed by atoms with Crippen LogP contribution < -0.4 is 14.8 Å². The second-order valence-electron chi connectivity index (χ2n) is 5.32. The summed E-state index contributed by atoms with van der Waals surface area (Å²) in [5, 5.41) is 14.1. The number of anilines is 1. The van der Waals surface area contributed by atoms with E-state index < -0.39 is 0 Å². The number of hydrogen-bond donors (Lipinski definition) is 1. The Bertz CT molecular complexity index is 868. The summed E-state index contributed by atoms with van der Waals surface area (Å²) in [6.45, 7) is 0.473. The minimum absolute atomic E-state index is 0.0106. The summed E-state index contributed by atoms with van der Waals surface area (Å²) in [7, 11) is 0. The number of benzene rings is 2. The SMILES string of the molecule is O=C(Nc1ccc(OCc2ccccc2)cc1)c1ccc(Cl)[n+]([O-])c1. The maximum atomic E-state index is 12.1. The van der Waals surface area contributed by atoms with Gasteiger partial charge in [0.25, 0.3) is 11.1 Å². The van der Waals surface area contributed by atoms with Gasteiger partial charge in [0.2, 0.25) is 0 Å². The predicted octanol–water partition coefficient (Wildman–Crippen LogP) is 3.80. The first kappa shape index (κ1) is 16.8. The molecule has 0 unspecified atom stereocenters. The lowest BCUT2D eigenvalue weighted by Crippen LogP contribution is -2.29. The van der Waals surface area contributed by atoms with Gasteiger partial charge in [0.05, 0.1) is 0 Å². The van der Waals surface area contributed by atoms with Gasteiger partial charge in [-0.1, -0.05) is 30.3 Å². The van der Waals surface area contributed by atoms with Crippen molar-refractivity contribution in [2.24, 2.45) is 0 Å². The lowest BCUT2D eigenvalue weighted by atomic mass is 10.2. The molecule has 0 radical (unpaired) electrons. The maximum absolute atomic E-state index is 12.1. The Kier molecular flexibility index (Phi) is 5.16. The molecule has 0 aliphatic heterocycles. The number of aromatic nitrogens is 1. The Morgan fingerprint density at radius 1 is 1.04 bits per heavy atom. The van der Waals surface area contributed by atoms with Crippen LogP contribution in [-0.4, -0.2) is 5.91 Å². The second-order valence-corrected chi connectivity index (χ2v) is 5.71. The molecule has 1 aromatic heterocycles. The molecule has 25 heavy (non-hydrogen) atoms. The van der Waals surface area contributed by atoms with Crippen molar-refractivity contribution in [3.63, 3.8) is 0 Å². The third kappa shape index (κ3) is 4.49. The summed E-state index contributed by atoms with van der Waals surface area (Å²) in [6, 6.07) is 19.7. The number of pyridine rings is 1. The van der Waals surface area contributed by atoms with Crippen molar-refractivity contribution < 1.29 is 14.3 Å². The lowest BCUT2D eigenvalue weighted by molar-refractivity contribution is -0.603. The highest BCUT2D eigenvalue weighted by atomic mass is 35.5. The van der Waals surface area contributed by atoms with Crippen LogP contribution in [0.1, 0.15) is 15.9 Å². The normalized spacial score (nSPS) is 10.3. The summed E-state index contributed by atoms with van der Waals surface area (Å²) in [5.41, 5.74) is 1.90. The highest BCUT2D eigenvalue weighted by molar-refractivity contribution is 6.28. The molecule has 126 valence electrons. The number of ether oxygens (including phenoxy) is 1. The van der Waals surface area contributed by atoms with Gasteiger partial charge in [-0.2, -0.15) is 4.73 Å². The van der Waals surface area contributed by atoms with E-state index in [4.69, 9.17) is 16.3 Å². The summed E-state index contributed by atoms with van der Waals surface area (Å²) < 4.78 is 6.13. The fourth-order valence-corrected chi connectivity index (χ4v) is 2.29. The quantitative estimate of drug-likeness (QED) is 0.430. The third-order valence-corrected chi connectivity index (χ3v) is 3.78. The van der Waals surface area contributed by atoms with E-state index in [2.05, 4.69) is 5.32 Å². The van der Waals surface area contributed by atoms with Crippen LogP contribution in [0.5, 0.6) is 5.75 Å². The second kappa shape index (κ2) is 7.68. The zero-order valence-electron chi connectivity index (χ0n) is 13.2. The first-order valence-electron chi connectivity index (χ1n) is 7.59. The number of rotatable bonds is 5. The molecule has 1 heterocycles. The zero-order chi connectivity index (χ0) is 17.6. The van der Waals surface area contributed by atoms with E-state index in [0.29, 0.717) is 22.8 Å². The average Bonchev–Trinajstić information content (AvgIpc) is 2.64. The molecular formula is C19H15ClN2O3. The summed E-state index contributed by atoms with van der Waals surface area (Å²) in [5.74, 6) is 0.310. The number of carbonyl (C=O) groups excluding carboxylic acids is 1. The van der Waals surface area contributed by atoms with E-state index in [0.717, 1.165) is 11.8 Å². The Labute approximate surface area is 150 Å². The van der Waals surface area contributed by atoms with Gasteiger partial charge in [-0.15, -0.1) is 0 Å². The lowest BCUT2D eigenvalue weighted by Gasteiger charge is -2.08. The van der Waals surface area contributed by atoms with Gasteiger partial charge in [-0.25, -0.2) is 0 Å². The van der Waals surface area contributed by atoms with E-state index in [-0.39, 0.29) is 16.6 Å². The fraction of sp³-hybridized carbons (Fsp3) is 0.0526. The van der Waals surface area contributed by atoms with E-state index >= 15 is 0 Å². The molecule has 3 rings (SSSR count). The predicted molar refractivity (Wildman–Crippen MR) is 95.6 cm³/mol. The molecule has 0 aliphatic carbocycles. The molecule has 0 spiro atoms. The first-order valence-corrected chi connectivity index (χ1v) is 7.96. The Morgan fingerprint density at radius 3 is 2.44 bits per heavy atom. The minimum Gasteiger partial charge on any atom is -0.618 e. The van der Waals surface area contributed by atoms with Crippen LogP contribution in [0.3, 0.4) is 0 Å². The molecule has 0 saturated heterocycles. The Hall–Kier alpha value is -3.05. The maximum Gasteiger partial charge on any atom is 0.286 e. The summed E-state index contributed by atoms with van der Waals surface area (Å²) >= 11 is 5.64. The van der Waals surface area contributed by atoms with Gasteiger partial charge in [-0.3, -0.25) is 4.79 Å². The zero-order valence-corrected chi connectivity index (χ0v) is 13.9. The van der Waals surface area contributed by atoms with E-state index in [1.165, 1.54) is 12.1 Å². The van der Waals surface area contributed by atoms with Gasteiger partial charge in [0, 0.05) is 11.8 Å². The number of halogens is 1. The number of nitrogens with zero attached hydrogens (tertiary/aromatic N) is 1. The molecule has 0 bridgehead atoms. The van der Waals surface area contributed by atoms with E-state index in [9.17, 15) is 10.0 Å². The monoisotopic (exact) mass is 354 g/mol. The van der Waals surface area contributed by atoms with Gasteiger partial charge < -0.3 is 15.3 Å². The Morgan fingerprint density at radius 2 is 1.76 bits per heavy atom. The Balaban J connectivity index is 1.60. The molecule has 0 atom stereocenters. The van der Waals surface area contributed by atoms with Gasteiger partial charge >= 0.3 is 0 Å². The highest BCUT2D eigenvalue weighted by Crippen LogP contribution is 2.18. The van der Waals surface area contributed by atoms with E-state index in [1.54, 1.807) is 24.3 Å². The van der Waals surface area contributed by atoms with Crippen LogP contribution in [0.15, 0.2) is 72.9 Å². The minimum atomic E-state index is -0.390. The van der Waals surface area contributed by atoms with Gasteiger partial charge in [0.1, 0.15) is 17.9 Å². The van der Waals surface area contributed by atoms with Crippen molar-refractivity contribution in [3.05, 3.63) is 94.4 Å². The van der Waals surface area contributed by atoms with Crippen LogP contribution in [0.25, 0.3) is 0 Å². The average molecular weight is 355 g/mol. The molecular weight excluding hydrogens is 340 g/mol. The topological polar surface area (TPSA) is 65.3 Å². The highest BCUT2D eigenvalue weighted by Gasteiger charge is 2.11. The van der Waals surface area contributed by atoms with Crippen molar-refractivity contribution in [2.45, 2.75) is 6.61 Å². The van der Waals surface area contributed by atoms with Crippen molar-refractivity contribution in [1.29, 1.82) is 0 Å². The molecule has 0 saturated carbocycles. The van der Waals surface area contributed by atoms with Crippen LogP contribution in [0.2, 0.25) is 5.15 Å². The molecule has 5 nitrogen and oxygen atoms in total. The van der Waals surface area contributed by atoms with E-state index in [1.807, 2.05) is 30.3 Å². The molecule has 0 fully saturated rings. The summed E-state index contributed by atoms with van der Waals surface area (Å²) in [4.78, 5) is 12.1. The first-order chi connectivity index (χ1) is 12.1. The fourth-order valence-electron chi connectivity index (χ4n) is 2.18. The number of carbonyl (C=O) groups is 1. The van der Waals surface area contributed by atoms with Crippen molar-refractivity contribution in [2.75, 3.05) is 5.32 Å². The number of hydrogen-bond acceptors (Lipinski definition) is 3. The van der Waals surface area contributed by atoms with Gasteiger partial charge in [-0.05, 0) is 47.5 Å². The molecule has 0 aliphatic rings. The van der Waals surface area contributed by atoms with Crippen LogP contribution in [0.4, 0.5) is 5.69 Å². The van der Waals surface area contributed by atoms with Crippen molar-refractivity contribution in [3.8, 4) is 5.75 Å². The molecule has 2 aromatic carbocycles. The van der Waals surface area contributed by atoms with Gasteiger partial charge in [0.15, 0.2) is 6.20 Å². The summed E-state index contributed by atoms with van der Waals surface area (Å²) in [6.07, 6.45) is 1.13. The molecule has 3 aromatic rings. The number of amides is 1. The molecule has 1 N–H and O–H groups in total. The largest absolute Gasteiger partial charge is 0.618 e. The smallest absolute Gasteiger partial charge is 0.286 e. The number of nitrogens with one attached hydrogen (secondary N) is 1. The van der Waals surface area contributed by atoms with Crippen LogP contribution >= 0.6 is 11.6 Å². The van der Waals surface area contributed by atoms with Crippen LogP contribution in [-0.2, 0) is 6.61 Å². The van der Waals surface area contributed by atoms with Crippen LogP contribution in [0, 0.1) is 5.21 Å². The third-order valence-electron chi connectivity index (χ3n) is 3.49. The molecule has 1 amide bonds. The van der Waals surface area contributed by atoms with Crippen molar-refractivity contribution >= 4 is 23.2 Å². The standard InChI is InChI=1S/C19H15ClN2O3/c20-18-11-6-15(12-22(18)24)19(23)21-16-7-9-17(10-8-16)25-13-14-4-2-1-3-5-14/h1-12H,13H2,(H,21,23). The molecule has 6 heteroatoms.